The first kappa shape index (κ1) is 6.36. The van der Waals surface area contributed by atoms with Crippen LogP contribution in [0.1, 0.15) is 13.3 Å². The molecule has 0 aromatic carbocycles. The molecule has 0 fully saturated rings. The third kappa shape index (κ3) is 1.33. The summed E-state index contributed by atoms with van der Waals surface area (Å²) >= 11 is 0. The number of dihydropyridines is 1. The number of hydrogen-bond acceptors (Lipinski definition) is 2. The average Bonchev–Trinajstić information content (AvgIpc) is 1.90. The van der Waals surface area contributed by atoms with E-state index in [1.165, 1.54) is 0 Å². The second-order valence-electron chi connectivity index (χ2n) is 2.30. The van der Waals surface area contributed by atoms with Gasteiger partial charge in [-0.05, 0) is 31.0 Å². The van der Waals surface area contributed by atoms with Crippen LogP contribution >= 0.6 is 0 Å². The van der Waals surface area contributed by atoms with E-state index in [1.54, 1.807) is 0 Å². The molecule has 0 unspecified atom stereocenters. The smallest absolute Gasteiger partial charge is 0.0556 e. The van der Waals surface area contributed by atoms with Gasteiger partial charge in [0.25, 0.3) is 0 Å². The lowest BCUT2D eigenvalue weighted by molar-refractivity contribution is 0.616. The highest BCUT2D eigenvalue weighted by Gasteiger charge is 2.15. The van der Waals surface area contributed by atoms with Gasteiger partial charge in [0.05, 0.1) is 5.54 Å². The molecular weight excluding hydrogens is 112 g/mol. The first-order valence-electron chi connectivity index (χ1n) is 3.17. The molecule has 1 heterocycles. The van der Waals surface area contributed by atoms with E-state index in [9.17, 15) is 0 Å². The van der Waals surface area contributed by atoms with E-state index in [1.807, 2.05) is 24.6 Å². The second-order valence-corrected chi connectivity index (χ2v) is 2.30. The lowest BCUT2D eigenvalue weighted by Crippen LogP contribution is -2.36. The summed E-state index contributed by atoms with van der Waals surface area (Å²) in [6, 6.07) is 0. The van der Waals surface area contributed by atoms with Crippen LogP contribution in [0.2, 0.25) is 0 Å². The number of rotatable bonds is 1. The molecule has 0 aromatic rings. The highest BCUT2D eigenvalue weighted by molar-refractivity contribution is 5.20. The largest absolute Gasteiger partial charge is 0.368 e. The van der Waals surface area contributed by atoms with Crippen molar-refractivity contribution in [2.24, 2.45) is 5.73 Å². The standard InChI is InChI=1S/C7H12N2/c1-2-7(8)3-5-9-6-4-7/h3-6,9H,2,8H2,1H3. The molecule has 0 aliphatic carbocycles. The maximum Gasteiger partial charge on any atom is 0.0556 e. The van der Waals surface area contributed by atoms with Crippen LogP contribution in [0.3, 0.4) is 0 Å². The molecule has 50 valence electrons. The van der Waals surface area contributed by atoms with E-state index < -0.39 is 0 Å². The van der Waals surface area contributed by atoms with Gasteiger partial charge in [-0.15, -0.1) is 0 Å². The van der Waals surface area contributed by atoms with E-state index in [4.69, 9.17) is 5.73 Å². The van der Waals surface area contributed by atoms with Gasteiger partial charge in [0.1, 0.15) is 0 Å². The van der Waals surface area contributed by atoms with E-state index >= 15 is 0 Å². The fourth-order valence-corrected chi connectivity index (χ4v) is 0.753. The molecule has 2 heteroatoms. The van der Waals surface area contributed by atoms with Gasteiger partial charge in [-0.25, -0.2) is 0 Å². The number of nitrogens with two attached hydrogens (primary N) is 1. The molecule has 0 radical (unpaired) electrons. The fourth-order valence-electron chi connectivity index (χ4n) is 0.753. The lowest BCUT2D eigenvalue weighted by Gasteiger charge is -2.21. The third-order valence-corrected chi connectivity index (χ3v) is 1.59. The first-order valence-corrected chi connectivity index (χ1v) is 3.17. The van der Waals surface area contributed by atoms with Crippen LogP contribution in [-0.2, 0) is 0 Å². The molecule has 1 aliphatic rings. The third-order valence-electron chi connectivity index (χ3n) is 1.59. The van der Waals surface area contributed by atoms with Crippen LogP contribution in [0.15, 0.2) is 24.6 Å². The number of nitrogens with one attached hydrogen (secondary N) is 1. The molecule has 0 amide bonds. The van der Waals surface area contributed by atoms with E-state index in [0.717, 1.165) is 6.42 Å². The molecule has 0 saturated carbocycles. The van der Waals surface area contributed by atoms with Crippen LogP contribution in [0.4, 0.5) is 0 Å². The molecule has 1 aliphatic heterocycles. The maximum absolute atomic E-state index is 5.84. The van der Waals surface area contributed by atoms with Gasteiger partial charge < -0.3 is 11.1 Å². The van der Waals surface area contributed by atoms with Crippen LogP contribution in [0.5, 0.6) is 0 Å². The van der Waals surface area contributed by atoms with Crippen molar-refractivity contribution in [3.05, 3.63) is 24.6 Å². The summed E-state index contributed by atoms with van der Waals surface area (Å²) in [6.07, 6.45) is 8.61. The summed E-state index contributed by atoms with van der Waals surface area (Å²) in [5.74, 6) is 0. The highest BCUT2D eigenvalue weighted by atomic mass is 14.8. The van der Waals surface area contributed by atoms with Gasteiger partial charge in [0.2, 0.25) is 0 Å². The first-order chi connectivity index (χ1) is 4.27. The number of hydrogen-bond donors (Lipinski definition) is 2. The Balaban J connectivity index is 2.67. The van der Waals surface area contributed by atoms with Crippen LogP contribution in [0.25, 0.3) is 0 Å². The lowest BCUT2D eigenvalue weighted by atomic mass is 9.96. The summed E-state index contributed by atoms with van der Waals surface area (Å²) < 4.78 is 0. The molecular formula is C7H12N2. The summed E-state index contributed by atoms with van der Waals surface area (Å²) in [7, 11) is 0. The van der Waals surface area contributed by atoms with Crippen molar-refractivity contribution in [3.63, 3.8) is 0 Å². The molecule has 9 heavy (non-hydrogen) atoms. The zero-order valence-corrected chi connectivity index (χ0v) is 5.59. The Bertz CT molecular complexity index is 135. The Hall–Kier alpha value is -0.760. The van der Waals surface area contributed by atoms with Crippen LogP contribution in [-0.4, -0.2) is 5.54 Å². The molecule has 0 bridgehead atoms. The molecule has 2 nitrogen and oxygen atoms in total. The second kappa shape index (κ2) is 2.23. The van der Waals surface area contributed by atoms with Crippen molar-refractivity contribution in [1.82, 2.24) is 5.32 Å². The topological polar surface area (TPSA) is 38.0 Å². The van der Waals surface area contributed by atoms with Gasteiger partial charge in [0, 0.05) is 0 Å². The van der Waals surface area contributed by atoms with Crippen molar-refractivity contribution in [1.29, 1.82) is 0 Å². The van der Waals surface area contributed by atoms with Crippen molar-refractivity contribution >= 4 is 0 Å². The zero-order chi connectivity index (χ0) is 6.74. The van der Waals surface area contributed by atoms with Crippen LogP contribution in [0, 0.1) is 0 Å². The molecule has 0 aromatic heterocycles. The Morgan fingerprint density at radius 1 is 1.44 bits per heavy atom. The minimum Gasteiger partial charge on any atom is -0.368 e. The zero-order valence-electron chi connectivity index (χ0n) is 5.59. The monoisotopic (exact) mass is 124 g/mol. The Labute approximate surface area is 55.4 Å². The Morgan fingerprint density at radius 3 is 2.33 bits per heavy atom. The van der Waals surface area contributed by atoms with Gasteiger partial charge in [-0.2, -0.15) is 0 Å². The fraction of sp³-hybridized carbons (Fsp3) is 0.429. The van der Waals surface area contributed by atoms with Gasteiger partial charge in [-0.1, -0.05) is 6.92 Å². The van der Waals surface area contributed by atoms with Crippen molar-refractivity contribution < 1.29 is 0 Å². The van der Waals surface area contributed by atoms with Gasteiger partial charge >= 0.3 is 0 Å². The summed E-state index contributed by atoms with van der Waals surface area (Å²) in [6.45, 7) is 2.07. The molecule has 0 saturated heterocycles. The Kier molecular flexibility index (Phi) is 1.58. The Morgan fingerprint density at radius 2 is 2.00 bits per heavy atom. The van der Waals surface area contributed by atoms with Crippen LogP contribution < -0.4 is 11.1 Å². The van der Waals surface area contributed by atoms with Crippen molar-refractivity contribution in [3.8, 4) is 0 Å². The van der Waals surface area contributed by atoms with Crippen molar-refractivity contribution in [2.75, 3.05) is 0 Å². The van der Waals surface area contributed by atoms with Gasteiger partial charge in [0.15, 0.2) is 0 Å². The molecule has 3 N–H and O–H groups in total. The quantitative estimate of drug-likeness (QED) is 0.540. The highest BCUT2D eigenvalue weighted by Crippen LogP contribution is 2.11. The minimum absolute atomic E-state index is 0.203. The molecule has 0 atom stereocenters. The SMILES string of the molecule is CCC1(N)C=CNC=C1. The summed E-state index contributed by atoms with van der Waals surface area (Å²) in [4.78, 5) is 0. The van der Waals surface area contributed by atoms with E-state index in [0.29, 0.717) is 0 Å². The van der Waals surface area contributed by atoms with E-state index in [-0.39, 0.29) is 5.54 Å². The average molecular weight is 124 g/mol. The summed E-state index contributed by atoms with van der Waals surface area (Å²) in [5, 5.41) is 2.93. The maximum atomic E-state index is 5.84. The molecule has 0 spiro atoms. The van der Waals surface area contributed by atoms with E-state index in [2.05, 4.69) is 12.2 Å². The molecule has 1 rings (SSSR count). The predicted molar refractivity (Wildman–Crippen MR) is 38.6 cm³/mol. The summed E-state index contributed by atoms with van der Waals surface area (Å²) in [5.41, 5.74) is 5.64. The normalized spacial score (nSPS) is 21.6. The van der Waals surface area contributed by atoms with Crippen molar-refractivity contribution in [2.45, 2.75) is 18.9 Å². The minimum atomic E-state index is -0.203. The van der Waals surface area contributed by atoms with Gasteiger partial charge in [-0.3, -0.25) is 0 Å². The predicted octanol–water partition coefficient (Wildman–Crippen LogP) is 0.725.